The number of halogens is 2. The second-order valence-electron chi connectivity index (χ2n) is 5.42. The van der Waals surface area contributed by atoms with Crippen molar-refractivity contribution < 1.29 is 0 Å². The van der Waals surface area contributed by atoms with Gasteiger partial charge >= 0.3 is 0 Å². The third-order valence-electron chi connectivity index (χ3n) is 2.74. The maximum atomic E-state index is 6.58. The number of hydrogen-bond donors (Lipinski definition) is 0. The van der Waals surface area contributed by atoms with Crippen LogP contribution >= 0.6 is 50.2 Å². The highest BCUT2D eigenvalue weighted by atomic mass is 79.9. The zero-order chi connectivity index (χ0) is 13.5. The Balaban J connectivity index is 2.29. The van der Waals surface area contributed by atoms with Gasteiger partial charge in [-0.25, -0.2) is 0 Å². The summed E-state index contributed by atoms with van der Waals surface area (Å²) in [4.78, 5) is 3.83. The van der Waals surface area contributed by atoms with E-state index in [9.17, 15) is 0 Å². The van der Waals surface area contributed by atoms with Gasteiger partial charge in [-0.05, 0) is 52.0 Å². The molecule has 0 radical (unpaired) electrons. The molecule has 0 aliphatic carbocycles. The quantitative estimate of drug-likeness (QED) is 0.534. The topological polar surface area (TPSA) is 0 Å². The first-order chi connectivity index (χ1) is 8.29. The van der Waals surface area contributed by atoms with Gasteiger partial charge in [0.2, 0.25) is 0 Å². The minimum atomic E-state index is -0.0268. The molecule has 0 amide bonds. The van der Waals surface area contributed by atoms with Crippen LogP contribution in [0.2, 0.25) is 0 Å². The molecule has 2 aromatic heterocycles. The smallest absolute Gasteiger partial charge is 0.102 e. The third-order valence-corrected chi connectivity index (χ3v) is 7.25. The molecule has 2 heterocycles. The molecule has 0 aliphatic heterocycles. The molecule has 2 aromatic rings. The molecule has 98 valence electrons. The third kappa shape index (κ3) is 3.01. The molecular weight excluding hydrogens is 348 g/mol. The van der Waals surface area contributed by atoms with Crippen LogP contribution in [0.3, 0.4) is 0 Å². The molecule has 0 nitrogen and oxygen atoms in total. The molecular formula is C14H16BrClS2. The molecule has 0 bridgehead atoms. The molecule has 18 heavy (non-hydrogen) atoms. The van der Waals surface area contributed by atoms with Crippen molar-refractivity contribution in [1.29, 1.82) is 0 Å². The standard InChI is InChI=1S/C14H16BrClS2/c1-8-7-10(18-13(8)15)12(16)9-5-6-11(17-9)14(2,3)4/h5-7,12H,1-4H3. The van der Waals surface area contributed by atoms with Gasteiger partial charge in [-0.2, -0.15) is 0 Å². The van der Waals surface area contributed by atoms with Crippen LogP contribution in [0.5, 0.6) is 0 Å². The maximum Gasteiger partial charge on any atom is 0.102 e. The van der Waals surface area contributed by atoms with Crippen molar-refractivity contribution in [2.45, 2.75) is 38.5 Å². The molecule has 1 unspecified atom stereocenters. The van der Waals surface area contributed by atoms with Crippen LogP contribution in [0, 0.1) is 6.92 Å². The monoisotopic (exact) mass is 362 g/mol. The summed E-state index contributed by atoms with van der Waals surface area (Å²) in [7, 11) is 0. The van der Waals surface area contributed by atoms with E-state index in [-0.39, 0.29) is 10.8 Å². The second-order valence-corrected chi connectivity index (χ2v) is 9.37. The van der Waals surface area contributed by atoms with Crippen molar-refractivity contribution in [3.8, 4) is 0 Å². The van der Waals surface area contributed by atoms with Crippen LogP contribution in [0.15, 0.2) is 22.0 Å². The van der Waals surface area contributed by atoms with Gasteiger partial charge in [0, 0.05) is 14.6 Å². The number of hydrogen-bond acceptors (Lipinski definition) is 2. The summed E-state index contributed by atoms with van der Waals surface area (Å²) in [6, 6.07) is 6.53. The summed E-state index contributed by atoms with van der Waals surface area (Å²) in [5, 5.41) is -0.0268. The number of rotatable bonds is 2. The first-order valence-corrected chi connectivity index (χ1v) is 8.65. The Morgan fingerprint density at radius 2 is 1.83 bits per heavy atom. The lowest BCUT2D eigenvalue weighted by Crippen LogP contribution is -2.07. The molecule has 0 N–H and O–H groups in total. The van der Waals surface area contributed by atoms with E-state index in [1.54, 1.807) is 11.3 Å². The number of aryl methyl sites for hydroxylation is 1. The molecule has 0 aromatic carbocycles. The predicted molar refractivity (Wildman–Crippen MR) is 87.5 cm³/mol. The highest BCUT2D eigenvalue weighted by Gasteiger charge is 2.21. The molecule has 0 spiro atoms. The maximum absolute atomic E-state index is 6.58. The Bertz CT molecular complexity index is 529. The van der Waals surface area contributed by atoms with Crippen molar-refractivity contribution >= 4 is 50.2 Å². The Kier molecular flexibility index (Phi) is 4.27. The van der Waals surface area contributed by atoms with E-state index < -0.39 is 0 Å². The van der Waals surface area contributed by atoms with Crippen molar-refractivity contribution in [1.82, 2.24) is 0 Å². The van der Waals surface area contributed by atoms with E-state index in [1.807, 2.05) is 11.3 Å². The molecule has 4 heteroatoms. The Hall–Kier alpha value is 0.170. The average molecular weight is 364 g/mol. The van der Waals surface area contributed by atoms with Gasteiger partial charge in [0.05, 0.1) is 3.79 Å². The first kappa shape index (κ1) is 14.6. The van der Waals surface area contributed by atoms with Crippen molar-refractivity contribution in [2.75, 3.05) is 0 Å². The van der Waals surface area contributed by atoms with E-state index >= 15 is 0 Å². The Morgan fingerprint density at radius 1 is 1.17 bits per heavy atom. The lowest BCUT2D eigenvalue weighted by molar-refractivity contribution is 0.604. The van der Waals surface area contributed by atoms with Gasteiger partial charge in [0.1, 0.15) is 5.38 Å². The largest absolute Gasteiger partial charge is 0.143 e. The Labute approximate surface area is 130 Å². The number of thiophene rings is 2. The van der Waals surface area contributed by atoms with Crippen LogP contribution < -0.4 is 0 Å². The molecule has 0 fully saturated rings. The second kappa shape index (κ2) is 5.28. The summed E-state index contributed by atoms with van der Waals surface area (Å²) < 4.78 is 1.18. The van der Waals surface area contributed by atoms with E-state index in [0.29, 0.717) is 0 Å². The lowest BCUT2D eigenvalue weighted by Gasteiger charge is -2.15. The molecule has 0 saturated heterocycles. The minimum Gasteiger partial charge on any atom is -0.143 e. The van der Waals surface area contributed by atoms with Crippen LogP contribution in [-0.2, 0) is 5.41 Å². The summed E-state index contributed by atoms with van der Waals surface area (Å²) in [5.41, 5.74) is 1.46. The zero-order valence-corrected chi connectivity index (χ0v) is 14.9. The number of alkyl halides is 1. The fraction of sp³-hybridized carbons (Fsp3) is 0.429. The fourth-order valence-corrected chi connectivity index (χ4v) is 4.75. The van der Waals surface area contributed by atoms with Crippen LogP contribution in [0.25, 0.3) is 0 Å². The summed E-state index contributed by atoms with van der Waals surface area (Å²) in [5.74, 6) is 0. The van der Waals surface area contributed by atoms with Crippen molar-refractivity contribution in [2.24, 2.45) is 0 Å². The van der Waals surface area contributed by atoms with E-state index in [1.165, 1.54) is 24.0 Å². The highest BCUT2D eigenvalue weighted by Crippen LogP contribution is 2.41. The van der Waals surface area contributed by atoms with Crippen LogP contribution in [0.4, 0.5) is 0 Å². The van der Waals surface area contributed by atoms with Crippen LogP contribution in [0.1, 0.15) is 46.3 Å². The first-order valence-electron chi connectivity index (χ1n) is 5.79. The van der Waals surface area contributed by atoms with Crippen molar-refractivity contribution in [3.05, 3.63) is 42.2 Å². The molecule has 0 saturated carbocycles. The van der Waals surface area contributed by atoms with E-state index in [4.69, 9.17) is 11.6 Å². The predicted octanol–water partition coefficient (Wildman–Crippen LogP) is 6.51. The highest BCUT2D eigenvalue weighted by molar-refractivity contribution is 9.11. The molecule has 0 aliphatic rings. The van der Waals surface area contributed by atoms with Gasteiger partial charge in [-0.15, -0.1) is 34.3 Å². The summed E-state index contributed by atoms with van der Waals surface area (Å²) in [6.45, 7) is 8.80. The molecule has 2 rings (SSSR count). The molecule has 1 atom stereocenters. The fourth-order valence-electron chi connectivity index (χ4n) is 1.64. The normalized spacial score (nSPS) is 13.9. The zero-order valence-electron chi connectivity index (χ0n) is 10.9. The van der Waals surface area contributed by atoms with Crippen molar-refractivity contribution in [3.63, 3.8) is 0 Å². The van der Waals surface area contributed by atoms with Gasteiger partial charge in [0.15, 0.2) is 0 Å². The minimum absolute atomic E-state index is 0.0268. The van der Waals surface area contributed by atoms with Crippen LogP contribution in [-0.4, -0.2) is 0 Å². The Morgan fingerprint density at radius 3 is 2.28 bits per heavy atom. The van der Waals surface area contributed by atoms with E-state index in [0.717, 1.165) is 0 Å². The summed E-state index contributed by atoms with van der Waals surface area (Å²) >= 11 is 13.7. The van der Waals surface area contributed by atoms with Gasteiger partial charge in [0.25, 0.3) is 0 Å². The van der Waals surface area contributed by atoms with E-state index in [2.05, 4.69) is 61.8 Å². The van der Waals surface area contributed by atoms with Gasteiger partial charge in [-0.1, -0.05) is 20.8 Å². The van der Waals surface area contributed by atoms with Gasteiger partial charge in [-0.3, -0.25) is 0 Å². The summed E-state index contributed by atoms with van der Waals surface area (Å²) in [6.07, 6.45) is 0. The van der Waals surface area contributed by atoms with Gasteiger partial charge < -0.3 is 0 Å². The average Bonchev–Trinajstić information content (AvgIpc) is 2.85. The SMILES string of the molecule is Cc1cc(C(Cl)c2ccc(C(C)(C)C)s2)sc1Br. The lowest BCUT2D eigenvalue weighted by atomic mass is 9.95.